The molecule has 2 heterocycles. The lowest BCUT2D eigenvalue weighted by atomic mass is 10.2. The molecule has 1 aliphatic rings. The molecule has 0 spiro atoms. The number of morpholine rings is 1. The predicted molar refractivity (Wildman–Crippen MR) is 116 cm³/mol. The maximum atomic E-state index is 12.4. The Morgan fingerprint density at radius 1 is 1.12 bits per heavy atom. The number of ether oxygens (including phenoxy) is 2. The Morgan fingerprint density at radius 3 is 2.59 bits per heavy atom. The fourth-order valence-electron chi connectivity index (χ4n) is 3.33. The molecule has 32 heavy (non-hydrogen) atoms. The molecule has 1 saturated heterocycles. The molecule has 0 radical (unpaired) electrons. The van der Waals surface area contributed by atoms with Crippen molar-refractivity contribution in [1.82, 2.24) is 20.4 Å². The predicted octanol–water partition coefficient (Wildman–Crippen LogP) is 1.91. The summed E-state index contributed by atoms with van der Waals surface area (Å²) in [7, 11) is 0. The van der Waals surface area contributed by atoms with Gasteiger partial charge in [-0.1, -0.05) is 23.4 Å². The van der Waals surface area contributed by atoms with Crippen LogP contribution in [0.15, 0.2) is 59.1 Å². The highest BCUT2D eigenvalue weighted by Crippen LogP contribution is 2.22. The Labute approximate surface area is 186 Å². The summed E-state index contributed by atoms with van der Waals surface area (Å²) in [6, 6.07) is 15.3. The largest absolute Gasteiger partial charge is 0.492 e. The van der Waals surface area contributed by atoms with Crippen molar-refractivity contribution in [2.24, 2.45) is 0 Å². The lowest BCUT2D eigenvalue weighted by molar-refractivity contribution is 0.0322. The Morgan fingerprint density at radius 2 is 1.88 bits per heavy atom. The van der Waals surface area contributed by atoms with Crippen LogP contribution >= 0.6 is 0 Å². The minimum Gasteiger partial charge on any atom is -0.492 e. The minimum absolute atomic E-state index is 0.137. The normalized spacial score (nSPS) is 15.3. The Kier molecular flexibility index (Phi) is 7.44. The number of hydrogen-bond donors (Lipinski definition) is 2. The summed E-state index contributed by atoms with van der Waals surface area (Å²) >= 11 is 0. The van der Waals surface area contributed by atoms with E-state index in [9.17, 15) is 9.90 Å². The van der Waals surface area contributed by atoms with Crippen molar-refractivity contribution in [2.45, 2.75) is 6.04 Å². The van der Waals surface area contributed by atoms with Gasteiger partial charge in [0.1, 0.15) is 18.4 Å². The molecule has 2 aromatic carbocycles. The summed E-state index contributed by atoms with van der Waals surface area (Å²) in [4.78, 5) is 19.0. The number of aromatic nitrogens is 2. The Hall–Kier alpha value is -3.27. The smallest absolute Gasteiger partial charge is 0.251 e. The second kappa shape index (κ2) is 10.9. The zero-order valence-corrected chi connectivity index (χ0v) is 17.6. The highest BCUT2D eigenvalue weighted by atomic mass is 16.5. The molecule has 0 aliphatic carbocycles. The summed E-state index contributed by atoms with van der Waals surface area (Å²) in [5, 5.41) is 16.4. The van der Waals surface area contributed by atoms with Crippen LogP contribution < -0.4 is 10.1 Å². The van der Waals surface area contributed by atoms with E-state index < -0.39 is 6.04 Å². The Balaban J connectivity index is 1.33. The number of aliphatic hydroxyl groups excluding tert-OH is 1. The Bertz CT molecular complexity index is 987. The standard InChI is InChI=1S/C23H26N4O5/c28-16-20(24-22(29)18-4-2-1-3-5-18)23-25-21(26-32-23)17-6-8-19(9-7-17)31-15-12-27-10-13-30-14-11-27/h1-9,20,28H,10-16H2,(H,24,29). The SMILES string of the molecule is O=C(NC(CO)c1nc(-c2ccc(OCCN3CCOCC3)cc2)no1)c1ccccc1. The maximum absolute atomic E-state index is 12.4. The number of hydrogen-bond acceptors (Lipinski definition) is 8. The van der Waals surface area contributed by atoms with E-state index >= 15 is 0 Å². The first-order valence-electron chi connectivity index (χ1n) is 10.6. The van der Waals surface area contributed by atoms with Crippen molar-refractivity contribution in [3.05, 3.63) is 66.1 Å². The van der Waals surface area contributed by atoms with Gasteiger partial charge >= 0.3 is 0 Å². The molecule has 4 rings (SSSR count). The van der Waals surface area contributed by atoms with Gasteiger partial charge in [0.2, 0.25) is 5.82 Å². The lowest BCUT2D eigenvalue weighted by Crippen LogP contribution is -2.38. The van der Waals surface area contributed by atoms with Crippen molar-refractivity contribution in [3.8, 4) is 17.1 Å². The first-order chi connectivity index (χ1) is 15.7. The number of carbonyl (C=O) groups is 1. The summed E-state index contributed by atoms with van der Waals surface area (Å²) in [6.45, 7) is 4.51. The minimum atomic E-state index is -0.799. The molecule has 1 aliphatic heterocycles. The molecule has 0 saturated carbocycles. The van der Waals surface area contributed by atoms with Crippen LogP contribution in [0.1, 0.15) is 22.3 Å². The first-order valence-corrected chi connectivity index (χ1v) is 10.6. The molecule has 1 atom stereocenters. The fourth-order valence-corrected chi connectivity index (χ4v) is 3.33. The number of benzene rings is 2. The molecule has 168 valence electrons. The third kappa shape index (κ3) is 5.70. The van der Waals surface area contributed by atoms with Crippen LogP contribution in [0.5, 0.6) is 5.75 Å². The zero-order valence-electron chi connectivity index (χ0n) is 17.6. The van der Waals surface area contributed by atoms with Crippen molar-refractivity contribution >= 4 is 5.91 Å². The lowest BCUT2D eigenvalue weighted by Gasteiger charge is -2.26. The zero-order chi connectivity index (χ0) is 22.2. The van der Waals surface area contributed by atoms with Gasteiger partial charge in [-0.2, -0.15) is 4.98 Å². The van der Waals surface area contributed by atoms with Crippen LogP contribution in [0.25, 0.3) is 11.4 Å². The molecular formula is C23H26N4O5. The van der Waals surface area contributed by atoms with Gasteiger partial charge in [-0.25, -0.2) is 0 Å². The number of rotatable bonds is 9. The molecular weight excluding hydrogens is 412 g/mol. The van der Waals surface area contributed by atoms with Gasteiger partial charge in [-0.3, -0.25) is 9.69 Å². The monoisotopic (exact) mass is 438 g/mol. The van der Waals surface area contributed by atoms with Crippen LogP contribution in [0.3, 0.4) is 0 Å². The number of nitrogens with zero attached hydrogens (tertiary/aromatic N) is 3. The molecule has 2 N–H and O–H groups in total. The van der Waals surface area contributed by atoms with Gasteiger partial charge in [0, 0.05) is 30.8 Å². The molecule has 9 heteroatoms. The average Bonchev–Trinajstić information content (AvgIpc) is 3.34. The molecule has 1 fully saturated rings. The van der Waals surface area contributed by atoms with Gasteiger partial charge in [0.25, 0.3) is 11.8 Å². The highest BCUT2D eigenvalue weighted by Gasteiger charge is 2.21. The first kappa shape index (κ1) is 21.9. The number of carbonyl (C=O) groups excluding carboxylic acids is 1. The van der Waals surface area contributed by atoms with Gasteiger partial charge in [0.15, 0.2) is 0 Å². The number of amides is 1. The van der Waals surface area contributed by atoms with E-state index in [4.69, 9.17) is 14.0 Å². The number of aliphatic hydroxyl groups is 1. The van der Waals surface area contributed by atoms with Gasteiger partial charge in [0.05, 0.1) is 19.8 Å². The third-order valence-electron chi connectivity index (χ3n) is 5.16. The summed E-state index contributed by atoms with van der Waals surface area (Å²) in [5.74, 6) is 0.932. The molecule has 1 amide bonds. The molecule has 1 unspecified atom stereocenters. The quantitative estimate of drug-likeness (QED) is 0.521. The van der Waals surface area contributed by atoms with Crippen LogP contribution in [0.4, 0.5) is 0 Å². The average molecular weight is 438 g/mol. The van der Waals surface area contributed by atoms with E-state index in [1.807, 2.05) is 30.3 Å². The molecule has 1 aromatic heterocycles. The van der Waals surface area contributed by atoms with E-state index in [0.29, 0.717) is 18.0 Å². The van der Waals surface area contributed by atoms with Crippen molar-refractivity contribution in [2.75, 3.05) is 46.1 Å². The van der Waals surface area contributed by atoms with Crippen LogP contribution in [0, 0.1) is 0 Å². The van der Waals surface area contributed by atoms with Crippen LogP contribution in [0.2, 0.25) is 0 Å². The van der Waals surface area contributed by atoms with E-state index in [-0.39, 0.29) is 18.4 Å². The number of nitrogens with one attached hydrogen (secondary N) is 1. The molecule has 0 bridgehead atoms. The van der Waals surface area contributed by atoms with Gasteiger partial charge < -0.3 is 24.4 Å². The second-order valence-electron chi connectivity index (χ2n) is 7.36. The highest BCUT2D eigenvalue weighted by molar-refractivity contribution is 5.94. The topological polar surface area (TPSA) is 110 Å². The third-order valence-corrected chi connectivity index (χ3v) is 5.16. The van der Waals surface area contributed by atoms with E-state index in [0.717, 1.165) is 44.2 Å². The summed E-state index contributed by atoms with van der Waals surface area (Å²) in [5.41, 5.74) is 1.22. The van der Waals surface area contributed by atoms with E-state index in [1.165, 1.54) is 0 Å². The molecule has 3 aromatic rings. The van der Waals surface area contributed by atoms with Gasteiger partial charge in [-0.05, 0) is 36.4 Å². The fraction of sp³-hybridized carbons (Fsp3) is 0.348. The van der Waals surface area contributed by atoms with Crippen LogP contribution in [-0.2, 0) is 4.74 Å². The van der Waals surface area contributed by atoms with Gasteiger partial charge in [-0.15, -0.1) is 0 Å². The van der Waals surface area contributed by atoms with Crippen molar-refractivity contribution in [1.29, 1.82) is 0 Å². The van der Waals surface area contributed by atoms with E-state index in [2.05, 4.69) is 20.4 Å². The molecule has 9 nitrogen and oxygen atoms in total. The summed E-state index contributed by atoms with van der Waals surface area (Å²) < 4.78 is 16.5. The second-order valence-corrected chi connectivity index (χ2v) is 7.36. The maximum Gasteiger partial charge on any atom is 0.251 e. The van der Waals surface area contributed by atoms with Crippen LogP contribution in [-0.4, -0.2) is 72.1 Å². The van der Waals surface area contributed by atoms with Crippen molar-refractivity contribution < 1.29 is 23.9 Å². The van der Waals surface area contributed by atoms with E-state index in [1.54, 1.807) is 24.3 Å². The summed E-state index contributed by atoms with van der Waals surface area (Å²) in [6.07, 6.45) is 0. The van der Waals surface area contributed by atoms with Crippen molar-refractivity contribution in [3.63, 3.8) is 0 Å².